The van der Waals surface area contributed by atoms with E-state index in [1.807, 2.05) is 0 Å². The second-order valence-electron chi connectivity index (χ2n) is 4.10. The zero-order valence-electron chi connectivity index (χ0n) is 12.7. The molecule has 0 aromatic rings. The minimum atomic E-state index is -0.536. The number of rotatable bonds is 17. The highest BCUT2D eigenvalue weighted by Crippen LogP contribution is 2.23. The van der Waals surface area contributed by atoms with Gasteiger partial charge in [-0.2, -0.15) is 0 Å². The molecule has 2 unspecified atom stereocenters. The van der Waals surface area contributed by atoms with Crippen LogP contribution in [0.4, 0.5) is 0 Å². The van der Waals surface area contributed by atoms with Gasteiger partial charge in [-0.15, -0.1) is 0 Å². The molecule has 0 aliphatic carbocycles. The number of aliphatic hydroxyl groups excluding tert-OH is 2. The molecular weight excluding hydrogens is 328 g/mol. The van der Waals surface area contributed by atoms with E-state index in [0.717, 1.165) is 0 Å². The van der Waals surface area contributed by atoms with Gasteiger partial charge in [0.1, 0.15) is 13.2 Å². The zero-order valence-corrected chi connectivity index (χ0v) is 14.4. The molecule has 0 saturated heterocycles. The van der Waals surface area contributed by atoms with Crippen LogP contribution in [-0.2, 0) is 18.9 Å². The molecule has 6 nitrogen and oxygen atoms in total. The van der Waals surface area contributed by atoms with Gasteiger partial charge in [0, 0.05) is 11.5 Å². The third-order valence-electron chi connectivity index (χ3n) is 2.15. The first kappa shape index (κ1) is 21.6. The predicted octanol–water partition coefficient (Wildman–Crippen LogP) is 1.44. The van der Waals surface area contributed by atoms with Gasteiger partial charge in [-0.05, 0) is 0 Å². The van der Waals surface area contributed by atoms with Gasteiger partial charge in [-0.3, -0.25) is 0 Å². The number of ether oxygens (including phenoxy) is 4. The summed E-state index contributed by atoms with van der Waals surface area (Å²) in [6, 6.07) is 0. The lowest BCUT2D eigenvalue weighted by atomic mass is 10.4. The predicted molar refractivity (Wildman–Crippen MR) is 90.9 cm³/mol. The highest BCUT2D eigenvalue weighted by Gasteiger charge is 2.08. The van der Waals surface area contributed by atoms with Gasteiger partial charge in [0.2, 0.25) is 0 Å². The van der Waals surface area contributed by atoms with E-state index in [0.29, 0.717) is 37.9 Å². The molecule has 8 heteroatoms. The molecule has 0 aromatic heterocycles. The second kappa shape index (κ2) is 17.0. The SMILES string of the molecule is C=COCCOCC(O)CSSCC(O)COCCOC=C. The van der Waals surface area contributed by atoms with E-state index in [4.69, 9.17) is 18.9 Å². The van der Waals surface area contributed by atoms with Crippen molar-refractivity contribution in [3.05, 3.63) is 25.7 Å². The maximum Gasteiger partial charge on any atom is 0.111 e. The van der Waals surface area contributed by atoms with Gasteiger partial charge in [0.25, 0.3) is 0 Å². The van der Waals surface area contributed by atoms with Crippen molar-refractivity contribution in [2.45, 2.75) is 12.2 Å². The van der Waals surface area contributed by atoms with E-state index < -0.39 is 12.2 Å². The Morgan fingerprint density at radius 2 is 1.18 bits per heavy atom. The highest BCUT2D eigenvalue weighted by atomic mass is 33.1. The lowest BCUT2D eigenvalue weighted by Gasteiger charge is -2.12. The van der Waals surface area contributed by atoms with Crippen molar-refractivity contribution in [1.82, 2.24) is 0 Å². The van der Waals surface area contributed by atoms with Crippen molar-refractivity contribution in [2.24, 2.45) is 0 Å². The molecule has 2 atom stereocenters. The molecule has 0 aliphatic heterocycles. The van der Waals surface area contributed by atoms with E-state index in [1.54, 1.807) is 0 Å². The number of aliphatic hydroxyl groups is 2. The van der Waals surface area contributed by atoms with Crippen LogP contribution in [0.1, 0.15) is 0 Å². The lowest BCUT2D eigenvalue weighted by molar-refractivity contribution is 0.0281. The molecule has 0 radical (unpaired) electrons. The summed E-state index contributed by atoms with van der Waals surface area (Å²) in [5, 5.41) is 19.3. The van der Waals surface area contributed by atoms with Crippen molar-refractivity contribution in [1.29, 1.82) is 0 Å². The summed E-state index contributed by atoms with van der Waals surface area (Å²) in [7, 11) is 2.98. The van der Waals surface area contributed by atoms with Crippen LogP contribution in [0.5, 0.6) is 0 Å². The molecule has 22 heavy (non-hydrogen) atoms. The van der Waals surface area contributed by atoms with E-state index in [9.17, 15) is 10.2 Å². The average molecular weight is 354 g/mol. The molecule has 0 aromatic carbocycles. The fraction of sp³-hybridized carbons (Fsp3) is 0.714. The van der Waals surface area contributed by atoms with Crippen LogP contribution < -0.4 is 0 Å². The number of hydrogen-bond donors (Lipinski definition) is 2. The monoisotopic (exact) mass is 354 g/mol. The molecule has 2 N–H and O–H groups in total. The topological polar surface area (TPSA) is 77.4 Å². The Hall–Kier alpha value is -0.380. The van der Waals surface area contributed by atoms with Crippen molar-refractivity contribution in [2.75, 3.05) is 51.1 Å². The Balaban J connectivity index is 3.31. The average Bonchev–Trinajstić information content (AvgIpc) is 2.51. The quantitative estimate of drug-likeness (QED) is 0.231. The van der Waals surface area contributed by atoms with Crippen molar-refractivity contribution >= 4 is 21.6 Å². The molecule has 0 fully saturated rings. The van der Waals surface area contributed by atoms with E-state index in [2.05, 4.69) is 13.2 Å². The fourth-order valence-electron chi connectivity index (χ4n) is 1.17. The van der Waals surface area contributed by atoms with Crippen molar-refractivity contribution in [3.8, 4) is 0 Å². The Bertz CT molecular complexity index is 242. The van der Waals surface area contributed by atoms with Gasteiger partial charge in [0.05, 0.1) is 51.2 Å². The standard InChI is InChI=1S/C14H26O6S2/c1-3-17-5-7-19-9-13(15)11-21-22-12-14(16)10-20-8-6-18-4-2/h3-4,13-16H,1-2,5-12H2. The van der Waals surface area contributed by atoms with Crippen LogP contribution in [0.2, 0.25) is 0 Å². The van der Waals surface area contributed by atoms with Crippen LogP contribution in [0.25, 0.3) is 0 Å². The van der Waals surface area contributed by atoms with E-state index >= 15 is 0 Å². The molecule has 130 valence electrons. The van der Waals surface area contributed by atoms with Crippen molar-refractivity contribution < 1.29 is 29.2 Å². The summed E-state index contributed by atoms with van der Waals surface area (Å²) in [4.78, 5) is 0. The first-order valence-corrected chi connectivity index (χ1v) is 9.40. The fourth-order valence-corrected chi connectivity index (χ4v) is 3.39. The normalized spacial score (nSPS) is 13.4. The molecule has 0 rings (SSSR count). The largest absolute Gasteiger partial charge is 0.499 e. The first-order chi connectivity index (χ1) is 10.7. The summed E-state index contributed by atoms with van der Waals surface area (Å²) in [5.74, 6) is 1.07. The van der Waals surface area contributed by atoms with Gasteiger partial charge in [-0.25, -0.2) is 0 Å². The van der Waals surface area contributed by atoms with Gasteiger partial charge in [-0.1, -0.05) is 34.7 Å². The third-order valence-corrected chi connectivity index (χ3v) is 4.68. The number of hydrogen-bond acceptors (Lipinski definition) is 8. The van der Waals surface area contributed by atoms with Crippen LogP contribution in [-0.4, -0.2) is 73.6 Å². The van der Waals surface area contributed by atoms with Gasteiger partial charge < -0.3 is 29.2 Å². The second-order valence-corrected chi connectivity index (χ2v) is 6.65. The summed E-state index contributed by atoms with van der Waals surface area (Å²) < 4.78 is 20.2. The maximum atomic E-state index is 9.67. The first-order valence-electron chi connectivity index (χ1n) is 6.91. The van der Waals surface area contributed by atoms with Crippen molar-refractivity contribution in [3.63, 3.8) is 0 Å². The van der Waals surface area contributed by atoms with Crippen LogP contribution in [0.3, 0.4) is 0 Å². The third kappa shape index (κ3) is 16.0. The Kier molecular flexibility index (Phi) is 16.7. The summed E-state index contributed by atoms with van der Waals surface area (Å²) >= 11 is 0. The van der Waals surface area contributed by atoms with Gasteiger partial charge >= 0.3 is 0 Å². The smallest absolute Gasteiger partial charge is 0.111 e. The van der Waals surface area contributed by atoms with Crippen LogP contribution in [0, 0.1) is 0 Å². The molecule has 0 saturated carbocycles. The summed E-state index contributed by atoms with van der Waals surface area (Å²) in [6.07, 6.45) is 1.64. The Morgan fingerprint density at radius 3 is 1.55 bits per heavy atom. The minimum absolute atomic E-state index is 0.267. The van der Waals surface area contributed by atoms with Crippen LogP contribution >= 0.6 is 21.6 Å². The molecule has 0 heterocycles. The summed E-state index contributed by atoms with van der Waals surface area (Å²) in [5.41, 5.74) is 0. The Labute approximate surface area is 140 Å². The van der Waals surface area contributed by atoms with E-state index in [-0.39, 0.29) is 13.2 Å². The maximum absolute atomic E-state index is 9.67. The minimum Gasteiger partial charge on any atom is -0.499 e. The Morgan fingerprint density at radius 1 is 0.773 bits per heavy atom. The van der Waals surface area contributed by atoms with Gasteiger partial charge in [0.15, 0.2) is 0 Å². The molecule has 0 bridgehead atoms. The zero-order chi connectivity index (χ0) is 16.5. The molecular formula is C14H26O6S2. The van der Waals surface area contributed by atoms with Crippen LogP contribution in [0.15, 0.2) is 25.7 Å². The molecule has 0 spiro atoms. The highest BCUT2D eigenvalue weighted by molar-refractivity contribution is 8.76. The molecule has 0 amide bonds. The van der Waals surface area contributed by atoms with E-state index in [1.165, 1.54) is 34.1 Å². The lowest BCUT2D eigenvalue weighted by Crippen LogP contribution is -2.20. The summed E-state index contributed by atoms with van der Waals surface area (Å²) in [6.45, 7) is 9.08. The molecule has 0 aliphatic rings.